The maximum Gasteiger partial charge on any atom is 0.191 e. The van der Waals surface area contributed by atoms with E-state index in [1.54, 1.807) is 19.2 Å². The number of hydrogen-bond donors (Lipinski definition) is 2. The topological polar surface area (TPSA) is 73.6 Å². The maximum absolute atomic E-state index is 5.86. The zero-order chi connectivity index (χ0) is 10.7. The van der Waals surface area contributed by atoms with E-state index in [2.05, 4.69) is 4.99 Å². The fraction of sp³-hybridized carbons (Fsp3) is 0.222. The van der Waals surface area contributed by atoms with Crippen molar-refractivity contribution < 1.29 is 4.74 Å². The van der Waals surface area contributed by atoms with Crippen LogP contribution < -0.4 is 16.2 Å². The number of ether oxygens (including phenoxy) is 1. The summed E-state index contributed by atoms with van der Waals surface area (Å²) >= 11 is 5.86. The van der Waals surface area contributed by atoms with E-state index in [1.165, 1.54) is 0 Å². The van der Waals surface area contributed by atoms with Gasteiger partial charge in [0.2, 0.25) is 0 Å². The van der Waals surface area contributed by atoms with Crippen LogP contribution in [-0.4, -0.2) is 13.1 Å². The Kier molecular flexibility index (Phi) is 3.19. The molecule has 0 atom stereocenters. The van der Waals surface area contributed by atoms with Crippen LogP contribution in [0.2, 0.25) is 5.02 Å². The molecule has 1 rings (SSSR count). The number of rotatable bonds is 2. The third kappa shape index (κ3) is 2.29. The van der Waals surface area contributed by atoms with Gasteiger partial charge in [0.1, 0.15) is 11.4 Å². The van der Waals surface area contributed by atoms with Crippen LogP contribution in [0.5, 0.6) is 5.75 Å². The second-order valence-corrected chi connectivity index (χ2v) is 3.25. The largest absolute Gasteiger partial charge is 0.494 e. The minimum atomic E-state index is -0.0232. The Morgan fingerprint density at radius 2 is 2.07 bits per heavy atom. The molecule has 4 N–H and O–H groups in total. The molecule has 1 aromatic rings. The zero-order valence-corrected chi connectivity index (χ0v) is 8.80. The summed E-state index contributed by atoms with van der Waals surface area (Å²) in [5.74, 6) is 0.604. The van der Waals surface area contributed by atoms with E-state index in [0.29, 0.717) is 16.5 Å². The van der Waals surface area contributed by atoms with Crippen LogP contribution in [0.4, 0.5) is 5.69 Å². The molecule has 1 aromatic carbocycles. The van der Waals surface area contributed by atoms with E-state index in [-0.39, 0.29) is 5.96 Å². The summed E-state index contributed by atoms with van der Waals surface area (Å²) in [5, 5.41) is 0.573. The number of aryl methyl sites for hydroxylation is 1. The summed E-state index contributed by atoms with van der Waals surface area (Å²) in [6, 6.07) is 3.43. The molecule has 0 spiro atoms. The van der Waals surface area contributed by atoms with Gasteiger partial charge in [-0.25, -0.2) is 4.99 Å². The fourth-order valence-corrected chi connectivity index (χ4v) is 1.47. The van der Waals surface area contributed by atoms with E-state index in [1.807, 2.05) is 6.92 Å². The van der Waals surface area contributed by atoms with Gasteiger partial charge in [0.05, 0.1) is 7.11 Å². The molecule has 0 amide bonds. The number of benzene rings is 1. The van der Waals surface area contributed by atoms with Gasteiger partial charge in [-0.2, -0.15) is 0 Å². The van der Waals surface area contributed by atoms with E-state index in [4.69, 9.17) is 27.8 Å². The first-order valence-corrected chi connectivity index (χ1v) is 4.36. The number of nitrogens with zero attached hydrogens (tertiary/aromatic N) is 1. The van der Waals surface area contributed by atoms with E-state index in [9.17, 15) is 0 Å². The third-order valence-electron chi connectivity index (χ3n) is 1.67. The molecule has 0 saturated carbocycles. The van der Waals surface area contributed by atoms with Gasteiger partial charge in [-0.05, 0) is 24.6 Å². The predicted octanol–water partition coefficient (Wildman–Crippen LogP) is 1.56. The van der Waals surface area contributed by atoms with E-state index >= 15 is 0 Å². The van der Waals surface area contributed by atoms with Gasteiger partial charge < -0.3 is 16.2 Å². The van der Waals surface area contributed by atoms with Gasteiger partial charge in [-0.3, -0.25) is 0 Å². The van der Waals surface area contributed by atoms with Crippen LogP contribution in [0.15, 0.2) is 17.1 Å². The van der Waals surface area contributed by atoms with E-state index in [0.717, 1.165) is 5.56 Å². The minimum absolute atomic E-state index is 0.0232. The number of nitrogens with two attached hydrogens (primary N) is 2. The van der Waals surface area contributed by atoms with Crippen molar-refractivity contribution in [3.63, 3.8) is 0 Å². The smallest absolute Gasteiger partial charge is 0.191 e. The normalized spacial score (nSPS) is 9.64. The van der Waals surface area contributed by atoms with Crippen LogP contribution in [0, 0.1) is 6.92 Å². The molecule has 0 aromatic heterocycles. The Bertz CT molecular complexity index is 373. The molecule has 0 saturated heterocycles. The van der Waals surface area contributed by atoms with Crippen LogP contribution in [0.3, 0.4) is 0 Å². The summed E-state index contributed by atoms with van der Waals surface area (Å²) in [6.45, 7) is 1.87. The predicted molar refractivity (Wildman–Crippen MR) is 58.2 cm³/mol. The van der Waals surface area contributed by atoms with Gasteiger partial charge in [-0.15, -0.1) is 0 Å². The molecule has 0 fully saturated rings. The second kappa shape index (κ2) is 4.19. The molecule has 0 unspecified atom stereocenters. The molecule has 14 heavy (non-hydrogen) atoms. The van der Waals surface area contributed by atoms with Crippen molar-refractivity contribution in [2.45, 2.75) is 6.92 Å². The van der Waals surface area contributed by atoms with Crippen LogP contribution in [-0.2, 0) is 0 Å². The van der Waals surface area contributed by atoms with Crippen molar-refractivity contribution in [2.75, 3.05) is 7.11 Å². The number of hydrogen-bond acceptors (Lipinski definition) is 2. The molecule has 5 heteroatoms. The van der Waals surface area contributed by atoms with Gasteiger partial charge in [-0.1, -0.05) is 11.6 Å². The number of guanidine groups is 1. The Morgan fingerprint density at radius 3 is 2.57 bits per heavy atom. The molecule has 0 aliphatic carbocycles. The van der Waals surface area contributed by atoms with Gasteiger partial charge in [0.15, 0.2) is 5.96 Å². The van der Waals surface area contributed by atoms with Crippen LogP contribution in [0.1, 0.15) is 5.56 Å². The van der Waals surface area contributed by atoms with E-state index < -0.39 is 0 Å². The first-order chi connectivity index (χ1) is 6.54. The highest BCUT2D eigenvalue weighted by Gasteiger charge is 2.07. The van der Waals surface area contributed by atoms with Crippen molar-refractivity contribution in [3.8, 4) is 5.75 Å². The molecule has 0 aliphatic heterocycles. The third-order valence-corrected chi connectivity index (χ3v) is 1.89. The maximum atomic E-state index is 5.86. The van der Waals surface area contributed by atoms with Crippen molar-refractivity contribution in [1.29, 1.82) is 0 Å². The molecule has 4 nitrogen and oxygen atoms in total. The first-order valence-electron chi connectivity index (χ1n) is 3.98. The summed E-state index contributed by atoms with van der Waals surface area (Å²) in [6.07, 6.45) is 0. The fourth-order valence-electron chi connectivity index (χ4n) is 1.20. The standard InChI is InChI=1S/C9H12ClN3O/c1-5-3-6(10)4-7(8(5)14-2)13-9(11)12/h3-4H,1-2H3,(H4,11,12,13). The molecule has 0 aliphatic rings. The van der Waals surface area contributed by atoms with Crippen molar-refractivity contribution in [3.05, 3.63) is 22.7 Å². The summed E-state index contributed by atoms with van der Waals surface area (Å²) in [7, 11) is 1.56. The Labute approximate surface area is 87.5 Å². The van der Waals surface area contributed by atoms with Crippen molar-refractivity contribution in [1.82, 2.24) is 0 Å². The molecular formula is C9H12ClN3O. The lowest BCUT2D eigenvalue weighted by molar-refractivity contribution is 0.413. The average Bonchev–Trinajstić information content (AvgIpc) is 2.01. The summed E-state index contributed by atoms with van der Waals surface area (Å²) < 4.78 is 5.16. The van der Waals surface area contributed by atoms with Crippen LogP contribution in [0.25, 0.3) is 0 Å². The highest BCUT2D eigenvalue weighted by atomic mass is 35.5. The SMILES string of the molecule is COc1c(C)cc(Cl)cc1N=C(N)N. The highest BCUT2D eigenvalue weighted by molar-refractivity contribution is 6.31. The highest BCUT2D eigenvalue weighted by Crippen LogP contribution is 2.33. The van der Waals surface area contributed by atoms with Crippen LogP contribution >= 0.6 is 11.6 Å². The number of methoxy groups -OCH3 is 1. The lowest BCUT2D eigenvalue weighted by Gasteiger charge is -2.08. The molecule has 0 radical (unpaired) electrons. The summed E-state index contributed by atoms with van der Waals surface area (Å²) in [4.78, 5) is 3.91. The Balaban J connectivity index is 3.32. The first kappa shape index (κ1) is 10.7. The Morgan fingerprint density at radius 1 is 1.43 bits per heavy atom. The van der Waals surface area contributed by atoms with Gasteiger partial charge in [0.25, 0.3) is 0 Å². The summed E-state index contributed by atoms with van der Waals surface area (Å²) in [5.41, 5.74) is 12.0. The van der Waals surface area contributed by atoms with Gasteiger partial charge in [0, 0.05) is 5.02 Å². The lowest BCUT2D eigenvalue weighted by Crippen LogP contribution is -2.22. The molecule has 76 valence electrons. The minimum Gasteiger partial charge on any atom is -0.494 e. The molecule has 0 bridgehead atoms. The second-order valence-electron chi connectivity index (χ2n) is 2.81. The Hall–Kier alpha value is -1.42. The molecule has 0 heterocycles. The van der Waals surface area contributed by atoms with Crippen molar-refractivity contribution in [2.24, 2.45) is 16.5 Å². The van der Waals surface area contributed by atoms with Crippen molar-refractivity contribution >= 4 is 23.2 Å². The number of halogens is 1. The quantitative estimate of drug-likeness (QED) is 0.579. The van der Waals surface area contributed by atoms with Gasteiger partial charge >= 0.3 is 0 Å². The zero-order valence-electron chi connectivity index (χ0n) is 8.04. The monoisotopic (exact) mass is 213 g/mol. The average molecular weight is 214 g/mol. The number of aliphatic imine (C=N–C) groups is 1. The lowest BCUT2D eigenvalue weighted by atomic mass is 10.2. The molecular weight excluding hydrogens is 202 g/mol.